The fourth-order valence-corrected chi connectivity index (χ4v) is 2.08. The molecule has 0 aliphatic carbocycles. The summed E-state index contributed by atoms with van der Waals surface area (Å²) < 4.78 is 5.16. The fourth-order valence-electron chi connectivity index (χ4n) is 2.08. The van der Waals surface area contributed by atoms with Crippen molar-refractivity contribution in [2.24, 2.45) is 0 Å². The van der Waals surface area contributed by atoms with Crippen LogP contribution in [0.15, 0.2) is 12.1 Å². The maximum Gasteiger partial charge on any atom is 0.215 e. The summed E-state index contributed by atoms with van der Waals surface area (Å²) in [6.07, 6.45) is 0. The van der Waals surface area contributed by atoms with Gasteiger partial charge >= 0.3 is 0 Å². The van der Waals surface area contributed by atoms with Crippen LogP contribution < -0.4 is 15.4 Å². The molecule has 1 heterocycles. The Labute approximate surface area is 110 Å². The number of hydrogen-bond acceptors (Lipinski definition) is 5. The summed E-state index contributed by atoms with van der Waals surface area (Å²) >= 11 is 0. The van der Waals surface area contributed by atoms with Crippen LogP contribution in [0, 0.1) is 0 Å². The maximum atomic E-state index is 6.02. The zero-order valence-electron chi connectivity index (χ0n) is 12.0. The van der Waals surface area contributed by atoms with Gasteiger partial charge in [0.2, 0.25) is 5.88 Å². The lowest BCUT2D eigenvalue weighted by Crippen LogP contribution is -2.40. The molecule has 0 saturated carbocycles. The molecule has 0 fully saturated rings. The largest absolute Gasteiger partial charge is 0.481 e. The highest BCUT2D eigenvalue weighted by Gasteiger charge is 2.17. The lowest BCUT2D eigenvalue weighted by Gasteiger charge is -2.31. The molecular formula is C13H24N4O. The number of aromatic nitrogens is 1. The third kappa shape index (κ3) is 3.50. The molecule has 0 saturated heterocycles. The van der Waals surface area contributed by atoms with E-state index in [4.69, 9.17) is 10.5 Å². The predicted molar refractivity (Wildman–Crippen MR) is 76.2 cm³/mol. The molecule has 0 aliphatic rings. The van der Waals surface area contributed by atoms with Crippen molar-refractivity contribution in [2.45, 2.75) is 19.9 Å². The van der Waals surface area contributed by atoms with Crippen LogP contribution in [0.3, 0.4) is 0 Å². The zero-order chi connectivity index (χ0) is 13.7. The van der Waals surface area contributed by atoms with Crippen molar-refractivity contribution in [3.8, 4) is 5.88 Å². The fraction of sp³-hybridized carbons (Fsp3) is 0.615. The topological polar surface area (TPSA) is 54.6 Å². The summed E-state index contributed by atoms with van der Waals surface area (Å²) in [6.45, 7) is 6.09. The third-order valence-corrected chi connectivity index (χ3v) is 2.86. The summed E-state index contributed by atoms with van der Waals surface area (Å²) in [5, 5.41) is 0. The number of methoxy groups -OCH3 is 1. The third-order valence-electron chi connectivity index (χ3n) is 2.86. The van der Waals surface area contributed by atoms with Gasteiger partial charge in [-0.15, -0.1) is 0 Å². The summed E-state index contributed by atoms with van der Waals surface area (Å²) in [6, 6.07) is 3.96. The number of nitrogens with two attached hydrogens (primary N) is 1. The van der Waals surface area contributed by atoms with E-state index < -0.39 is 0 Å². The Hall–Kier alpha value is -1.49. The second kappa shape index (κ2) is 6.44. The van der Waals surface area contributed by atoms with Crippen LogP contribution in [0.4, 0.5) is 11.5 Å². The Morgan fingerprint density at radius 3 is 2.56 bits per heavy atom. The molecule has 1 aromatic rings. The van der Waals surface area contributed by atoms with Crippen LogP contribution >= 0.6 is 0 Å². The van der Waals surface area contributed by atoms with Gasteiger partial charge in [-0.1, -0.05) is 0 Å². The Kier molecular flexibility index (Phi) is 5.22. The number of ether oxygens (including phenoxy) is 1. The van der Waals surface area contributed by atoms with Gasteiger partial charge < -0.3 is 20.3 Å². The average Bonchev–Trinajstić information content (AvgIpc) is 2.31. The maximum absolute atomic E-state index is 6.02. The molecule has 102 valence electrons. The van der Waals surface area contributed by atoms with Gasteiger partial charge in [-0.3, -0.25) is 0 Å². The smallest absolute Gasteiger partial charge is 0.215 e. The molecule has 0 radical (unpaired) electrons. The molecule has 5 nitrogen and oxygen atoms in total. The molecule has 1 atom stereocenters. The van der Waals surface area contributed by atoms with E-state index in [1.807, 2.05) is 6.07 Å². The van der Waals surface area contributed by atoms with Crippen LogP contribution in [0.2, 0.25) is 0 Å². The van der Waals surface area contributed by atoms with E-state index >= 15 is 0 Å². The van der Waals surface area contributed by atoms with Crippen molar-refractivity contribution in [3.63, 3.8) is 0 Å². The summed E-state index contributed by atoms with van der Waals surface area (Å²) in [5.41, 5.74) is 6.70. The zero-order valence-corrected chi connectivity index (χ0v) is 12.0. The van der Waals surface area contributed by atoms with E-state index in [0.717, 1.165) is 18.9 Å². The van der Waals surface area contributed by atoms with Gasteiger partial charge in [-0.2, -0.15) is 4.98 Å². The molecule has 0 bridgehead atoms. The molecule has 1 rings (SSSR count). The number of nitrogen functional groups attached to an aromatic ring is 1. The van der Waals surface area contributed by atoms with Crippen molar-refractivity contribution in [3.05, 3.63) is 12.1 Å². The van der Waals surface area contributed by atoms with E-state index in [9.17, 15) is 0 Å². The van der Waals surface area contributed by atoms with Gasteiger partial charge in [0, 0.05) is 25.2 Å². The molecule has 0 aliphatic heterocycles. The van der Waals surface area contributed by atoms with Crippen molar-refractivity contribution in [2.75, 3.05) is 44.9 Å². The van der Waals surface area contributed by atoms with E-state index in [2.05, 4.69) is 42.7 Å². The second-order valence-electron chi connectivity index (χ2n) is 4.66. The number of rotatable bonds is 6. The highest BCUT2D eigenvalue weighted by molar-refractivity contribution is 5.64. The van der Waals surface area contributed by atoms with Crippen LogP contribution in [0.25, 0.3) is 0 Å². The normalized spacial score (nSPS) is 12.6. The number of nitrogens with zero attached hydrogens (tertiary/aromatic N) is 3. The standard InChI is InChI=1S/C13H24N4O/c1-6-17(10(2)9-16(3)4)13-11(14)7-8-12(15-13)18-5/h7-8,10H,6,9,14H2,1-5H3. The van der Waals surface area contributed by atoms with Gasteiger partial charge in [0.1, 0.15) is 0 Å². The first-order chi connectivity index (χ1) is 8.49. The van der Waals surface area contributed by atoms with Gasteiger partial charge in [0.15, 0.2) is 5.82 Å². The number of hydrogen-bond donors (Lipinski definition) is 1. The Bertz CT molecular complexity index is 381. The summed E-state index contributed by atoms with van der Waals surface area (Å²) in [7, 11) is 5.74. The first-order valence-corrected chi connectivity index (χ1v) is 6.21. The van der Waals surface area contributed by atoms with Gasteiger partial charge in [0.05, 0.1) is 12.8 Å². The molecule has 1 aromatic heterocycles. The van der Waals surface area contributed by atoms with Crippen molar-refractivity contribution >= 4 is 11.5 Å². The quantitative estimate of drug-likeness (QED) is 0.830. The van der Waals surface area contributed by atoms with Gasteiger partial charge in [-0.05, 0) is 34.0 Å². The molecule has 0 amide bonds. The molecular weight excluding hydrogens is 228 g/mol. The highest BCUT2D eigenvalue weighted by Crippen LogP contribution is 2.25. The van der Waals surface area contributed by atoms with Crippen molar-refractivity contribution in [1.29, 1.82) is 0 Å². The summed E-state index contributed by atoms with van der Waals surface area (Å²) in [4.78, 5) is 8.80. The van der Waals surface area contributed by atoms with E-state index in [-0.39, 0.29) is 0 Å². The molecule has 5 heteroatoms. The Morgan fingerprint density at radius 2 is 2.06 bits per heavy atom. The minimum atomic E-state index is 0.340. The minimum absolute atomic E-state index is 0.340. The van der Waals surface area contributed by atoms with Crippen LogP contribution in [0.5, 0.6) is 5.88 Å². The van der Waals surface area contributed by atoms with E-state index in [1.54, 1.807) is 13.2 Å². The van der Waals surface area contributed by atoms with Crippen LogP contribution in [-0.2, 0) is 0 Å². The average molecular weight is 252 g/mol. The van der Waals surface area contributed by atoms with Crippen LogP contribution in [-0.4, -0.2) is 50.2 Å². The van der Waals surface area contributed by atoms with Crippen LogP contribution in [0.1, 0.15) is 13.8 Å². The minimum Gasteiger partial charge on any atom is -0.481 e. The van der Waals surface area contributed by atoms with Gasteiger partial charge in [-0.25, -0.2) is 0 Å². The first kappa shape index (κ1) is 14.6. The van der Waals surface area contributed by atoms with E-state index in [0.29, 0.717) is 17.6 Å². The first-order valence-electron chi connectivity index (χ1n) is 6.21. The van der Waals surface area contributed by atoms with Crippen molar-refractivity contribution in [1.82, 2.24) is 9.88 Å². The molecule has 0 spiro atoms. The van der Waals surface area contributed by atoms with Crippen molar-refractivity contribution < 1.29 is 4.74 Å². The molecule has 18 heavy (non-hydrogen) atoms. The summed E-state index contributed by atoms with van der Waals surface area (Å²) in [5.74, 6) is 1.39. The monoisotopic (exact) mass is 252 g/mol. The second-order valence-corrected chi connectivity index (χ2v) is 4.66. The van der Waals surface area contributed by atoms with E-state index in [1.165, 1.54) is 0 Å². The highest BCUT2D eigenvalue weighted by atomic mass is 16.5. The molecule has 2 N–H and O–H groups in total. The lowest BCUT2D eigenvalue weighted by molar-refractivity contribution is 0.370. The number of likely N-dealkylation sites (N-methyl/N-ethyl adjacent to an activating group) is 2. The molecule has 0 aromatic carbocycles. The van der Waals surface area contributed by atoms with Gasteiger partial charge in [0.25, 0.3) is 0 Å². The Morgan fingerprint density at radius 1 is 1.39 bits per heavy atom. The predicted octanol–water partition coefficient (Wildman–Crippen LogP) is 1.45. The lowest BCUT2D eigenvalue weighted by atomic mass is 10.2. The number of anilines is 2. The molecule has 1 unspecified atom stereocenters. The number of pyridine rings is 1. The SMILES string of the molecule is CCN(c1nc(OC)ccc1N)C(C)CN(C)C. The Balaban J connectivity index is 3.00.